The minimum Gasteiger partial charge on any atom is -1.00 e. The van der Waals surface area contributed by atoms with E-state index in [1.807, 2.05) is 0 Å². The summed E-state index contributed by atoms with van der Waals surface area (Å²) in [5.74, 6) is 0. The average molecular weight is 229 g/mol. The third-order valence-corrected chi connectivity index (χ3v) is 1.13. The van der Waals surface area contributed by atoms with Gasteiger partial charge in [-0.25, -0.2) is 0 Å². The molecule has 0 aromatic heterocycles. The fourth-order valence-electron chi connectivity index (χ4n) is 0.736. The first-order valence-electron chi connectivity index (χ1n) is 2.63. The summed E-state index contributed by atoms with van der Waals surface area (Å²) in [5.41, 5.74) is 0. The SMILES string of the molecule is C1CC[N-]CC1.[Br-].[Zn+2]. The van der Waals surface area contributed by atoms with Gasteiger partial charge in [0.15, 0.2) is 0 Å². The van der Waals surface area contributed by atoms with Crippen molar-refractivity contribution < 1.29 is 36.5 Å². The number of halogens is 1. The molecule has 0 saturated carbocycles. The van der Waals surface area contributed by atoms with Crippen molar-refractivity contribution in [2.45, 2.75) is 19.3 Å². The fraction of sp³-hybridized carbons (Fsp3) is 1.00. The third kappa shape index (κ3) is 5.20. The second kappa shape index (κ2) is 8.06. The Labute approximate surface area is 74.1 Å². The summed E-state index contributed by atoms with van der Waals surface area (Å²) in [6, 6.07) is 0. The Morgan fingerprint density at radius 2 is 1.38 bits per heavy atom. The van der Waals surface area contributed by atoms with Crippen molar-refractivity contribution in [1.29, 1.82) is 0 Å². The summed E-state index contributed by atoms with van der Waals surface area (Å²) in [5, 5.41) is 4.18. The van der Waals surface area contributed by atoms with Crippen molar-refractivity contribution in [3.8, 4) is 0 Å². The van der Waals surface area contributed by atoms with Gasteiger partial charge in [0.2, 0.25) is 0 Å². The van der Waals surface area contributed by atoms with Crippen LogP contribution in [0.5, 0.6) is 0 Å². The Balaban J connectivity index is 0. The molecule has 0 aromatic carbocycles. The van der Waals surface area contributed by atoms with E-state index >= 15 is 0 Å². The topological polar surface area (TPSA) is 14.1 Å². The van der Waals surface area contributed by atoms with E-state index in [0.29, 0.717) is 0 Å². The first-order chi connectivity index (χ1) is 3.00. The van der Waals surface area contributed by atoms with Gasteiger partial charge in [-0.1, -0.05) is 19.3 Å². The number of piperidine rings is 1. The molecular formula is C5H10BrNZn. The molecule has 0 N–H and O–H groups in total. The van der Waals surface area contributed by atoms with E-state index in [0.717, 1.165) is 13.1 Å². The van der Waals surface area contributed by atoms with Crippen LogP contribution in [0.2, 0.25) is 0 Å². The van der Waals surface area contributed by atoms with Gasteiger partial charge in [0.1, 0.15) is 0 Å². The van der Waals surface area contributed by atoms with E-state index in [1.165, 1.54) is 19.3 Å². The molecule has 0 aromatic rings. The molecule has 0 aliphatic carbocycles. The Hall–Kier alpha value is 1.06. The summed E-state index contributed by atoms with van der Waals surface area (Å²) >= 11 is 0. The number of nitrogens with zero attached hydrogens (tertiary/aromatic N) is 1. The van der Waals surface area contributed by atoms with Crippen LogP contribution in [-0.4, -0.2) is 13.1 Å². The van der Waals surface area contributed by atoms with Crippen molar-refractivity contribution in [2.24, 2.45) is 0 Å². The molecule has 0 unspecified atom stereocenters. The predicted octanol–water partition coefficient (Wildman–Crippen LogP) is -1.45. The van der Waals surface area contributed by atoms with Gasteiger partial charge in [0.05, 0.1) is 0 Å². The molecule has 1 heterocycles. The first-order valence-corrected chi connectivity index (χ1v) is 2.63. The van der Waals surface area contributed by atoms with Crippen LogP contribution >= 0.6 is 0 Å². The zero-order valence-electron chi connectivity index (χ0n) is 5.07. The van der Waals surface area contributed by atoms with Crippen LogP contribution < -0.4 is 17.0 Å². The van der Waals surface area contributed by atoms with E-state index in [9.17, 15) is 0 Å². The second-order valence-corrected chi connectivity index (χ2v) is 1.73. The standard InChI is InChI=1S/C5H10N.BrH.Zn/c1-2-4-6-5-3-1;;/h1-5H2;1H;/q-1;;+2/p-1. The monoisotopic (exact) mass is 227 g/mol. The molecule has 1 aliphatic heterocycles. The van der Waals surface area contributed by atoms with Gasteiger partial charge in [0, 0.05) is 0 Å². The van der Waals surface area contributed by atoms with Crippen LogP contribution in [0.3, 0.4) is 0 Å². The van der Waals surface area contributed by atoms with Crippen LogP contribution in [0, 0.1) is 0 Å². The van der Waals surface area contributed by atoms with Crippen LogP contribution in [0.1, 0.15) is 19.3 Å². The minimum atomic E-state index is 0. The zero-order valence-corrected chi connectivity index (χ0v) is 9.62. The van der Waals surface area contributed by atoms with Crippen molar-refractivity contribution >= 4 is 0 Å². The van der Waals surface area contributed by atoms with Crippen molar-refractivity contribution in [3.05, 3.63) is 5.32 Å². The summed E-state index contributed by atoms with van der Waals surface area (Å²) in [6.45, 7) is 2.25. The molecule has 3 heteroatoms. The molecule has 1 nitrogen and oxygen atoms in total. The molecule has 1 saturated heterocycles. The number of hydrogen-bond donors (Lipinski definition) is 0. The van der Waals surface area contributed by atoms with E-state index in [2.05, 4.69) is 5.32 Å². The molecule has 1 rings (SSSR count). The van der Waals surface area contributed by atoms with Crippen molar-refractivity contribution in [1.82, 2.24) is 0 Å². The van der Waals surface area contributed by atoms with Crippen LogP contribution in [0.15, 0.2) is 0 Å². The van der Waals surface area contributed by atoms with E-state index in [-0.39, 0.29) is 36.5 Å². The molecule has 0 bridgehead atoms. The maximum absolute atomic E-state index is 4.18. The molecular weight excluding hydrogens is 219 g/mol. The van der Waals surface area contributed by atoms with Gasteiger partial charge >= 0.3 is 19.5 Å². The quantitative estimate of drug-likeness (QED) is 0.451. The predicted molar refractivity (Wildman–Crippen MR) is 26.9 cm³/mol. The Kier molecular flexibility index (Phi) is 11.9. The van der Waals surface area contributed by atoms with Crippen LogP contribution in [0.4, 0.5) is 0 Å². The fourth-order valence-corrected chi connectivity index (χ4v) is 0.736. The van der Waals surface area contributed by atoms with E-state index in [1.54, 1.807) is 0 Å². The second-order valence-electron chi connectivity index (χ2n) is 1.73. The van der Waals surface area contributed by atoms with Crippen LogP contribution in [-0.2, 0) is 19.5 Å². The van der Waals surface area contributed by atoms with Crippen LogP contribution in [0.25, 0.3) is 5.32 Å². The molecule has 0 atom stereocenters. The smallest absolute Gasteiger partial charge is 1.00 e. The van der Waals surface area contributed by atoms with Gasteiger partial charge in [-0.15, -0.1) is 13.1 Å². The number of hydrogen-bond acceptors (Lipinski definition) is 0. The third-order valence-electron chi connectivity index (χ3n) is 1.13. The van der Waals surface area contributed by atoms with E-state index in [4.69, 9.17) is 0 Å². The molecule has 44 valence electrons. The maximum atomic E-state index is 4.18. The van der Waals surface area contributed by atoms with Crippen molar-refractivity contribution in [3.63, 3.8) is 0 Å². The summed E-state index contributed by atoms with van der Waals surface area (Å²) in [4.78, 5) is 0. The molecule has 0 amide bonds. The zero-order chi connectivity index (χ0) is 4.24. The Morgan fingerprint density at radius 3 is 1.50 bits per heavy atom. The largest absolute Gasteiger partial charge is 2.00 e. The Morgan fingerprint density at radius 1 is 0.875 bits per heavy atom. The average Bonchev–Trinajstić information content (AvgIpc) is 1.72. The normalized spacial score (nSPS) is 18.0. The van der Waals surface area contributed by atoms with Gasteiger partial charge in [0.25, 0.3) is 0 Å². The summed E-state index contributed by atoms with van der Waals surface area (Å²) in [7, 11) is 0. The molecule has 8 heavy (non-hydrogen) atoms. The molecule has 1 fully saturated rings. The summed E-state index contributed by atoms with van der Waals surface area (Å²) < 4.78 is 0. The van der Waals surface area contributed by atoms with E-state index < -0.39 is 0 Å². The Bertz CT molecular complexity index is 27.9. The molecule has 0 radical (unpaired) electrons. The first kappa shape index (κ1) is 11.8. The molecule has 1 aliphatic rings. The van der Waals surface area contributed by atoms with Crippen molar-refractivity contribution in [2.75, 3.05) is 13.1 Å². The van der Waals surface area contributed by atoms with Gasteiger partial charge < -0.3 is 22.3 Å². The summed E-state index contributed by atoms with van der Waals surface area (Å²) in [6.07, 6.45) is 4.07. The van der Waals surface area contributed by atoms with Gasteiger partial charge in [-0.05, 0) is 0 Å². The number of rotatable bonds is 0. The van der Waals surface area contributed by atoms with Gasteiger partial charge in [-0.2, -0.15) is 0 Å². The minimum absolute atomic E-state index is 0. The maximum Gasteiger partial charge on any atom is 2.00 e. The van der Waals surface area contributed by atoms with Gasteiger partial charge in [-0.3, -0.25) is 0 Å². The molecule has 0 spiro atoms.